The first-order chi connectivity index (χ1) is 12.3. The maximum Gasteiger partial charge on any atom is 0.138 e. The molecule has 0 aliphatic heterocycles. The maximum atomic E-state index is 6.62. The average molecular weight is 346 g/mol. The highest BCUT2D eigenvalue weighted by Gasteiger charge is 2.17. The van der Waals surface area contributed by atoms with E-state index < -0.39 is 0 Å². The minimum Gasteiger partial charge on any atom is -0.497 e. The van der Waals surface area contributed by atoms with Gasteiger partial charge >= 0.3 is 0 Å². The number of halogens is 1. The summed E-state index contributed by atoms with van der Waals surface area (Å²) >= 11 is 6.62. The molecule has 0 N–H and O–H groups in total. The van der Waals surface area contributed by atoms with Gasteiger partial charge in [-0.25, -0.2) is 4.98 Å². The summed E-state index contributed by atoms with van der Waals surface area (Å²) < 4.78 is 5.29. The molecule has 0 bridgehead atoms. The van der Waals surface area contributed by atoms with Gasteiger partial charge in [-0.15, -0.1) is 0 Å². The lowest BCUT2D eigenvalue weighted by Gasteiger charge is -2.15. The van der Waals surface area contributed by atoms with Gasteiger partial charge in [0, 0.05) is 16.5 Å². The Morgan fingerprint density at radius 1 is 0.720 bits per heavy atom. The zero-order valence-corrected chi connectivity index (χ0v) is 14.5. The second-order valence-electron chi connectivity index (χ2n) is 5.76. The molecule has 0 saturated carbocycles. The van der Waals surface area contributed by atoms with E-state index >= 15 is 0 Å². The van der Waals surface area contributed by atoms with E-state index in [1.165, 1.54) is 0 Å². The minimum absolute atomic E-state index is 0.510. The summed E-state index contributed by atoms with van der Waals surface area (Å²) in [6.45, 7) is 0. The summed E-state index contributed by atoms with van der Waals surface area (Å²) in [7, 11) is 1.67. The van der Waals surface area contributed by atoms with E-state index in [2.05, 4.69) is 35.3 Å². The van der Waals surface area contributed by atoms with Crippen molar-refractivity contribution in [3.05, 3.63) is 84.0 Å². The van der Waals surface area contributed by atoms with E-state index in [-0.39, 0.29) is 0 Å². The minimum atomic E-state index is 0.510. The third-order valence-corrected chi connectivity index (χ3v) is 4.56. The van der Waals surface area contributed by atoms with Crippen LogP contribution < -0.4 is 4.74 Å². The first kappa shape index (κ1) is 15.7. The van der Waals surface area contributed by atoms with Gasteiger partial charge in [0.2, 0.25) is 0 Å². The molecule has 0 atom stereocenters. The fourth-order valence-electron chi connectivity index (χ4n) is 3.11. The molecule has 3 aromatic carbocycles. The zero-order valence-electron chi connectivity index (χ0n) is 13.7. The maximum absolute atomic E-state index is 6.62. The number of rotatable bonds is 3. The number of methoxy groups -OCH3 is 1. The van der Waals surface area contributed by atoms with Crippen molar-refractivity contribution < 1.29 is 4.74 Å². The lowest BCUT2D eigenvalue weighted by atomic mass is 9.92. The summed E-state index contributed by atoms with van der Waals surface area (Å²) in [5.41, 5.74) is 5.06. The normalized spacial score (nSPS) is 10.8. The van der Waals surface area contributed by atoms with Crippen LogP contribution in [0.4, 0.5) is 0 Å². The molecular formula is C22H16ClNO. The van der Waals surface area contributed by atoms with Crippen LogP contribution in [0.15, 0.2) is 78.9 Å². The first-order valence-electron chi connectivity index (χ1n) is 8.06. The van der Waals surface area contributed by atoms with Gasteiger partial charge in [-0.3, -0.25) is 0 Å². The number of nitrogens with zero attached hydrogens (tertiary/aromatic N) is 1. The van der Waals surface area contributed by atoms with E-state index in [0.29, 0.717) is 5.15 Å². The smallest absolute Gasteiger partial charge is 0.138 e. The monoisotopic (exact) mass is 345 g/mol. The summed E-state index contributed by atoms with van der Waals surface area (Å²) in [4.78, 5) is 4.61. The largest absolute Gasteiger partial charge is 0.497 e. The van der Waals surface area contributed by atoms with Gasteiger partial charge in [0.1, 0.15) is 10.9 Å². The Hall–Kier alpha value is -2.84. The van der Waals surface area contributed by atoms with Crippen molar-refractivity contribution in [1.29, 1.82) is 0 Å². The molecule has 4 aromatic rings. The lowest BCUT2D eigenvalue weighted by Crippen LogP contribution is -1.93. The first-order valence-corrected chi connectivity index (χ1v) is 8.44. The third kappa shape index (κ3) is 2.86. The molecule has 0 saturated heterocycles. The Balaban J connectivity index is 2.08. The molecule has 0 amide bonds. The number of ether oxygens (including phenoxy) is 1. The van der Waals surface area contributed by atoms with Crippen molar-refractivity contribution in [2.24, 2.45) is 0 Å². The molecule has 1 aromatic heterocycles. The molecule has 3 heteroatoms. The summed E-state index contributed by atoms with van der Waals surface area (Å²) in [6.07, 6.45) is 0. The molecular weight excluding hydrogens is 330 g/mol. The van der Waals surface area contributed by atoms with E-state index in [9.17, 15) is 0 Å². The standard InChI is InChI=1S/C22H16ClNO/c1-25-17-13-11-16(12-14-17)20-18-9-5-6-10-19(18)24-22(23)21(20)15-7-3-2-4-8-15/h2-14H,1H3. The van der Waals surface area contributed by atoms with E-state index in [1.807, 2.05) is 48.5 Å². The van der Waals surface area contributed by atoms with Crippen LogP contribution in [0, 0.1) is 0 Å². The van der Waals surface area contributed by atoms with Gasteiger partial charge in [0.15, 0.2) is 0 Å². The SMILES string of the molecule is COc1ccc(-c2c(-c3ccccc3)c(Cl)nc3ccccc23)cc1. The molecule has 0 aliphatic carbocycles. The zero-order chi connectivity index (χ0) is 17.2. The third-order valence-electron chi connectivity index (χ3n) is 4.29. The Labute approximate surface area is 151 Å². The predicted octanol–water partition coefficient (Wildman–Crippen LogP) is 6.23. The molecule has 0 unspecified atom stereocenters. The molecule has 0 aliphatic rings. The molecule has 0 spiro atoms. The number of pyridine rings is 1. The Kier molecular flexibility index (Phi) is 4.12. The molecule has 122 valence electrons. The van der Waals surface area contributed by atoms with Gasteiger partial charge in [0.05, 0.1) is 12.6 Å². The van der Waals surface area contributed by atoms with E-state index in [4.69, 9.17) is 16.3 Å². The van der Waals surface area contributed by atoms with Crippen molar-refractivity contribution in [3.8, 4) is 28.0 Å². The number of fused-ring (bicyclic) bond motifs is 1. The van der Waals surface area contributed by atoms with Crippen LogP contribution in [-0.2, 0) is 0 Å². The van der Waals surface area contributed by atoms with Crippen LogP contribution in [0.3, 0.4) is 0 Å². The summed E-state index contributed by atoms with van der Waals surface area (Å²) in [5.74, 6) is 0.828. The second-order valence-corrected chi connectivity index (χ2v) is 6.12. The quantitative estimate of drug-likeness (QED) is 0.410. The molecule has 25 heavy (non-hydrogen) atoms. The number of hydrogen-bond donors (Lipinski definition) is 0. The number of aromatic nitrogens is 1. The molecule has 0 radical (unpaired) electrons. The molecule has 4 rings (SSSR count). The van der Waals surface area contributed by atoms with Crippen molar-refractivity contribution in [2.45, 2.75) is 0 Å². The lowest BCUT2D eigenvalue weighted by molar-refractivity contribution is 0.415. The van der Waals surface area contributed by atoms with E-state index in [0.717, 1.165) is 38.9 Å². The molecule has 0 fully saturated rings. The van der Waals surface area contributed by atoms with Gasteiger partial charge in [0.25, 0.3) is 0 Å². The van der Waals surface area contributed by atoms with Crippen LogP contribution in [0.25, 0.3) is 33.2 Å². The van der Waals surface area contributed by atoms with Crippen LogP contribution in [0.5, 0.6) is 5.75 Å². The topological polar surface area (TPSA) is 22.1 Å². The van der Waals surface area contributed by atoms with Crippen molar-refractivity contribution in [2.75, 3.05) is 7.11 Å². The highest BCUT2D eigenvalue weighted by Crippen LogP contribution is 2.41. The molecule has 2 nitrogen and oxygen atoms in total. The summed E-state index contributed by atoms with van der Waals surface area (Å²) in [6, 6.07) is 26.3. The Morgan fingerprint density at radius 3 is 2.08 bits per heavy atom. The van der Waals surface area contributed by atoms with Crippen LogP contribution in [-0.4, -0.2) is 12.1 Å². The Morgan fingerprint density at radius 2 is 1.36 bits per heavy atom. The average Bonchev–Trinajstić information content (AvgIpc) is 2.67. The number of benzene rings is 3. The highest BCUT2D eigenvalue weighted by atomic mass is 35.5. The summed E-state index contributed by atoms with van der Waals surface area (Å²) in [5, 5.41) is 1.59. The van der Waals surface area contributed by atoms with Crippen LogP contribution >= 0.6 is 11.6 Å². The van der Waals surface area contributed by atoms with Crippen LogP contribution in [0.1, 0.15) is 0 Å². The van der Waals surface area contributed by atoms with Gasteiger partial charge in [-0.2, -0.15) is 0 Å². The Bertz CT molecular complexity index is 1030. The predicted molar refractivity (Wildman–Crippen MR) is 104 cm³/mol. The highest BCUT2D eigenvalue weighted by molar-refractivity contribution is 6.34. The fraction of sp³-hybridized carbons (Fsp3) is 0.0455. The van der Waals surface area contributed by atoms with Gasteiger partial charge in [-0.05, 0) is 29.3 Å². The molecule has 1 heterocycles. The number of para-hydroxylation sites is 1. The fourth-order valence-corrected chi connectivity index (χ4v) is 3.40. The van der Waals surface area contributed by atoms with Gasteiger partial charge < -0.3 is 4.74 Å². The van der Waals surface area contributed by atoms with Crippen molar-refractivity contribution in [1.82, 2.24) is 4.98 Å². The van der Waals surface area contributed by atoms with E-state index in [1.54, 1.807) is 7.11 Å². The number of hydrogen-bond acceptors (Lipinski definition) is 2. The van der Waals surface area contributed by atoms with Crippen LogP contribution in [0.2, 0.25) is 5.15 Å². The van der Waals surface area contributed by atoms with Crippen molar-refractivity contribution in [3.63, 3.8) is 0 Å². The van der Waals surface area contributed by atoms with Crippen molar-refractivity contribution >= 4 is 22.5 Å². The second kappa shape index (κ2) is 6.58. The van der Waals surface area contributed by atoms with Gasteiger partial charge in [-0.1, -0.05) is 72.3 Å².